The highest BCUT2D eigenvalue weighted by atomic mass is 35.5. The van der Waals surface area contributed by atoms with Crippen molar-refractivity contribution in [1.29, 1.82) is 0 Å². The van der Waals surface area contributed by atoms with Crippen molar-refractivity contribution < 1.29 is 14.7 Å². The summed E-state index contributed by atoms with van der Waals surface area (Å²) in [6.45, 7) is 0. The van der Waals surface area contributed by atoms with Crippen LogP contribution in [0.4, 0.5) is 5.69 Å². The molecule has 2 rings (SSSR count). The van der Waals surface area contributed by atoms with Gasteiger partial charge in [-0.3, -0.25) is 4.79 Å². The predicted molar refractivity (Wildman–Crippen MR) is 80.6 cm³/mol. The topological polar surface area (TPSA) is 79.3 Å². The molecule has 2 aromatic rings. The molecule has 108 valence electrons. The highest BCUT2D eigenvalue weighted by molar-refractivity contribution is 6.35. The summed E-state index contributed by atoms with van der Waals surface area (Å²) in [5.74, 6) is -1.90. The van der Waals surface area contributed by atoms with E-state index >= 15 is 0 Å². The summed E-state index contributed by atoms with van der Waals surface area (Å²) in [4.78, 5) is 27.1. The quantitative estimate of drug-likeness (QED) is 0.824. The van der Waals surface area contributed by atoms with Crippen molar-refractivity contribution in [3.05, 3.63) is 56.8 Å². The van der Waals surface area contributed by atoms with Gasteiger partial charge in [0.05, 0.1) is 16.3 Å². The first-order valence-electron chi connectivity index (χ1n) is 5.54. The van der Waals surface area contributed by atoms with Gasteiger partial charge in [-0.1, -0.05) is 34.8 Å². The summed E-state index contributed by atoms with van der Waals surface area (Å²) in [5, 5.41) is 12.0. The standard InChI is InChI=1S/C13H7Cl3N2O3/c14-6-1-3-9(7(5-6)13(20)21)17-12(19)11-8(15)2-4-10(16)18-11/h1-5H,(H,17,19)(H,20,21). The molecule has 2 N–H and O–H groups in total. The largest absolute Gasteiger partial charge is 0.478 e. The molecule has 1 amide bonds. The monoisotopic (exact) mass is 344 g/mol. The average molecular weight is 346 g/mol. The Bertz CT molecular complexity index is 735. The van der Waals surface area contributed by atoms with Crippen LogP contribution in [0.1, 0.15) is 20.8 Å². The van der Waals surface area contributed by atoms with E-state index in [4.69, 9.17) is 39.9 Å². The molecule has 0 saturated carbocycles. The lowest BCUT2D eigenvalue weighted by atomic mass is 10.1. The number of benzene rings is 1. The van der Waals surface area contributed by atoms with E-state index in [0.717, 1.165) is 0 Å². The summed E-state index contributed by atoms with van der Waals surface area (Å²) in [5.41, 5.74) is -0.167. The van der Waals surface area contributed by atoms with Gasteiger partial charge in [0.25, 0.3) is 5.91 Å². The van der Waals surface area contributed by atoms with E-state index in [1.807, 2.05) is 0 Å². The molecule has 0 bridgehead atoms. The Morgan fingerprint density at radius 1 is 1.10 bits per heavy atom. The van der Waals surface area contributed by atoms with Gasteiger partial charge in [-0.2, -0.15) is 0 Å². The number of rotatable bonds is 3. The van der Waals surface area contributed by atoms with Gasteiger partial charge in [0.15, 0.2) is 0 Å². The molecule has 0 aliphatic heterocycles. The zero-order chi connectivity index (χ0) is 15.6. The first kappa shape index (κ1) is 15.6. The van der Waals surface area contributed by atoms with Gasteiger partial charge < -0.3 is 10.4 Å². The van der Waals surface area contributed by atoms with Crippen LogP contribution in [0.25, 0.3) is 0 Å². The molecule has 1 heterocycles. The van der Waals surface area contributed by atoms with E-state index in [1.165, 1.54) is 30.3 Å². The van der Waals surface area contributed by atoms with Crippen LogP contribution in [0.5, 0.6) is 0 Å². The Morgan fingerprint density at radius 3 is 2.48 bits per heavy atom. The number of nitrogens with one attached hydrogen (secondary N) is 1. The fourth-order valence-electron chi connectivity index (χ4n) is 1.56. The first-order valence-corrected chi connectivity index (χ1v) is 6.68. The van der Waals surface area contributed by atoms with E-state index in [1.54, 1.807) is 0 Å². The third-order valence-electron chi connectivity index (χ3n) is 2.49. The van der Waals surface area contributed by atoms with Gasteiger partial charge in [-0.15, -0.1) is 0 Å². The minimum absolute atomic E-state index is 0.0785. The van der Waals surface area contributed by atoms with Crippen molar-refractivity contribution in [1.82, 2.24) is 4.98 Å². The van der Waals surface area contributed by atoms with Crippen LogP contribution in [0.2, 0.25) is 15.2 Å². The number of halogens is 3. The van der Waals surface area contributed by atoms with E-state index in [-0.39, 0.29) is 32.1 Å². The minimum Gasteiger partial charge on any atom is -0.478 e. The second-order valence-electron chi connectivity index (χ2n) is 3.91. The number of carbonyl (C=O) groups is 2. The predicted octanol–water partition coefficient (Wildman–Crippen LogP) is 3.99. The number of carboxylic acid groups (broad SMARTS) is 1. The summed E-state index contributed by atoms with van der Waals surface area (Å²) in [6.07, 6.45) is 0. The Balaban J connectivity index is 2.36. The number of amides is 1. The van der Waals surface area contributed by atoms with Crippen molar-refractivity contribution in [2.75, 3.05) is 5.32 Å². The Kier molecular flexibility index (Phi) is 4.67. The van der Waals surface area contributed by atoms with Crippen LogP contribution in [0.15, 0.2) is 30.3 Å². The second kappa shape index (κ2) is 6.30. The molecule has 8 heteroatoms. The lowest BCUT2D eigenvalue weighted by Gasteiger charge is -2.09. The highest BCUT2D eigenvalue weighted by Gasteiger charge is 2.17. The number of carboxylic acids is 1. The molecule has 0 radical (unpaired) electrons. The fraction of sp³-hybridized carbons (Fsp3) is 0. The van der Waals surface area contributed by atoms with Crippen molar-refractivity contribution in [3.8, 4) is 0 Å². The number of carbonyl (C=O) groups excluding carboxylic acids is 1. The van der Waals surface area contributed by atoms with Crippen LogP contribution in [-0.2, 0) is 0 Å². The first-order chi connectivity index (χ1) is 9.88. The molecule has 0 saturated heterocycles. The average Bonchev–Trinajstić information content (AvgIpc) is 2.43. The Labute approximate surface area is 134 Å². The lowest BCUT2D eigenvalue weighted by molar-refractivity contribution is 0.0698. The maximum atomic E-state index is 12.1. The van der Waals surface area contributed by atoms with Gasteiger partial charge in [0.1, 0.15) is 10.8 Å². The molecule has 21 heavy (non-hydrogen) atoms. The zero-order valence-electron chi connectivity index (χ0n) is 10.2. The summed E-state index contributed by atoms with van der Waals surface area (Å²) in [6, 6.07) is 6.92. The smallest absolute Gasteiger partial charge is 0.337 e. The number of pyridine rings is 1. The van der Waals surface area contributed by atoms with Crippen molar-refractivity contribution >= 4 is 52.4 Å². The molecule has 0 fully saturated rings. The van der Waals surface area contributed by atoms with Crippen molar-refractivity contribution in [3.63, 3.8) is 0 Å². The van der Waals surface area contributed by atoms with E-state index in [0.29, 0.717) is 0 Å². The molecule has 0 unspecified atom stereocenters. The van der Waals surface area contributed by atoms with Crippen molar-refractivity contribution in [2.45, 2.75) is 0 Å². The number of hydrogen-bond acceptors (Lipinski definition) is 3. The summed E-state index contributed by atoms with van der Waals surface area (Å²) >= 11 is 17.3. The van der Waals surface area contributed by atoms with Crippen LogP contribution in [0.3, 0.4) is 0 Å². The molecule has 1 aromatic carbocycles. The molecular weight excluding hydrogens is 339 g/mol. The van der Waals surface area contributed by atoms with Crippen LogP contribution >= 0.6 is 34.8 Å². The lowest BCUT2D eigenvalue weighted by Crippen LogP contribution is -2.16. The van der Waals surface area contributed by atoms with E-state index < -0.39 is 11.9 Å². The summed E-state index contributed by atoms with van der Waals surface area (Å²) in [7, 11) is 0. The van der Waals surface area contributed by atoms with Gasteiger partial charge in [0.2, 0.25) is 0 Å². The minimum atomic E-state index is -1.22. The second-order valence-corrected chi connectivity index (χ2v) is 5.14. The molecule has 5 nitrogen and oxygen atoms in total. The molecule has 0 spiro atoms. The van der Waals surface area contributed by atoms with Gasteiger partial charge >= 0.3 is 5.97 Å². The Hall–Kier alpha value is -1.82. The molecule has 1 aromatic heterocycles. The summed E-state index contributed by atoms with van der Waals surface area (Å²) < 4.78 is 0. The highest BCUT2D eigenvalue weighted by Crippen LogP contribution is 2.23. The van der Waals surface area contributed by atoms with Crippen LogP contribution in [-0.4, -0.2) is 22.0 Å². The number of hydrogen-bond donors (Lipinski definition) is 2. The van der Waals surface area contributed by atoms with E-state index in [9.17, 15) is 9.59 Å². The molecule has 0 aliphatic rings. The maximum absolute atomic E-state index is 12.1. The number of nitrogens with zero attached hydrogens (tertiary/aromatic N) is 1. The molecule has 0 atom stereocenters. The van der Waals surface area contributed by atoms with Crippen molar-refractivity contribution in [2.24, 2.45) is 0 Å². The van der Waals surface area contributed by atoms with Crippen LogP contribution in [0, 0.1) is 0 Å². The van der Waals surface area contributed by atoms with Gasteiger partial charge in [-0.25, -0.2) is 9.78 Å². The third-order valence-corrected chi connectivity index (χ3v) is 3.24. The normalized spacial score (nSPS) is 10.2. The SMILES string of the molecule is O=C(O)c1cc(Cl)ccc1NC(=O)c1nc(Cl)ccc1Cl. The van der Waals surface area contributed by atoms with Gasteiger partial charge in [-0.05, 0) is 30.3 Å². The molecular formula is C13H7Cl3N2O3. The molecule has 0 aliphatic carbocycles. The third kappa shape index (κ3) is 3.64. The number of anilines is 1. The fourth-order valence-corrected chi connectivity index (χ4v) is 2.07. The number of aromatic nitrogens is 1. The number of aromatic carboxylic acids is 1. The zero-order valence-corrected chi connectivity index (χ0v) is 12.5. The maximum Gasteiger partial charge on any atom is 0.337 e. The Morgan fingerprint density at radius 2 is 1.81 bits per heavy atom. The van der Waals surface area contributed by atoms with Gasteiger partial charge in [0, 0.05) is 5.02 Å². The van der Waals surface area contributed by atoms with E-state index in [2.05, 4.69) is 10.3 Å². The van der Waals surface area contributed by atoms with Crippen LogP contribution < -0.4 is 5.32 Å².